The summed E-state index contributed by atoms with van der Waals surface area (Å²) in [6.07, 6.45) is 8.04. The number of rotatable bonds is 7. The molecule has 0 saturated carbocycles. The number of hydrogen-bond donors (Lipinski definition) is 0. The third kappa shape index (κ3) is 5.29. The molecule has 0 aromatic rings. The molecule has 1 heterocycles. The second-order valence-corrected chi connectivity index (χ2v) is 6.28. The van der Waals surface area contributed by atoms with E-state index < -0.39 is 0 Å². The predicted molar refractivity (Wildman–Crippen MR) is 81.0 cm³/mol. The highest BCUT2D eigenvalue weighted by atomic mass is 79.9. The summed E-state index contributed by atoms with van der Waals surface area (Å²) in [5, 5.41) is 1.02. The molecule has 0 bridgehead atoms. The summed E-state index contributed by atoms with van der Waals surface area (Å²) in [6, 6.07) is 0. The van der Waals surface area contributed by atoms with E-state index in [-0.39, 0.29) is 0 Å². The summed E-state index contributed by atoms with van der Waals surface area (Å²) < 4.78 is 0. The molecule has 106 valence electrons. The maximum atomic E-state index is 12.1. The maximum Gasteiger partial charge on any atom is 0.222 e. The van der Waals surface area contributed by atoms with Crippen molar-refractivity contribution in [2.24, 2.45) is 11.8 Å². The quantitative estimate of drug-likeness (QED) is 0.643. The fourth-order valence-electron chi connectivity index (χ4n) is 2.92. The first-order valence-electron chi connectivity index (χ1n) is 7.54. The van der Waals surface area contributed by atoms with Crippen molar-refractivity contribution >= 4 is 21.8 Å². The highest BCUT2D eigenvalue weighted by Crippen LogP contribution is 2.24. The third-order valence-corrected chi connectivity index (χ3v) is 4.93. The minimum absolute atomic E-state index is 0.385. The van der Waals surface area contributed by atoms with Crippen LogP contribution in [0.5, 0.6) is 0 Å². The molecule has 0 N–H and O–H groups in total. The molecule has 0 aromatic heterocycles. The van der Waals surface area contributed by atoms with Crippen LogP contribution in [0.2, 0.25) is 0 Å². The fraction of sp³-hybridized carbons (Fsp3) is 0.933. The van der Waals surface area contributed by atoms with Gasteiger partial charge in [0.15, 0.2) is 0 Å². The number of carbonyl (C=O) groups excluding carboxylic acids is 1. The lowest BCUT2D eigenvalue weighted by molar-refractivity contribution is -0.131. The largest absolute Gasteiger partial charge is 0.342 e. The minimum atomic E-state index is 0.385. The standard InChI is InChI=1S/C15H28BrNO/c1-3-5-13-7-8-15(18)17(10-9-13)12-14(11-16)6-4-2/h13-14H,3-12H2,1-2H3. The molecule has 1 fully saturated rings. The third-order valence-electron chi connectivity index (χ3n) is 4.02. The van der Waals surface area contributed by atoms with E-state index in [0.29, 0.717) is 11.8 Å². The summed E-state index contributed by atoms with van der Waals surface area (Å²) in [6.45, 7) is 6.40. The second kappa shape index (κ2) is 8.95. The lowest BCUT2D eigenvalue weighted by Crippen LogP contribution is -2.35. The van der Waals surface area contributed by atoms with Crippen molar-refractivity contribution in [2.75, 3.05) is 18.4 Å². The highest BCUT2D eigenvalue weighted by Gasteiger charge is 2.23. The Balaban J connectivity index is 2.46. The monoisotopic (exact) mass is 317 g/mol. The fourth-order valence-corrected chi connectivity index (χ4v) is 3.45. The zero-order valence-corrected chi connectivity index (χ0v) is 13.5. The predicted octanol–water partition coefficient (Wildman–Crippen LogP) is 4.23. The Morgan fingerprint density at radius 1 is 1.33 bits per heavy atom. The molecule has 1 aliphatic rings. The lowest BCUT2D eigenvalue weighted by Gasteiger charge is -2.25. The Hall–Kier alpha value is -0.0500. The molecule has 1 amide bonds. The van der Waals surface area contributed by atoms with Crippen molar-refractivity contribution < 1.29 is 4.79 Å². The molecule has 3 heteroatoms. The highest BCUT2D eigenvalue weighted by molar-refractivity contribution is 9.09. The molecule has 2 nitrogen and oxygen atoms in total. The van der Waals surface area contributed by atoms with Gasteiger partial charge in [0.2, 0.25) is 5.91 Å². The summed E-state index contributed by atoms with van der Waals surface area (Å²) in [5.74, 6) is 1.79. The SMILES string of the molecule is CCCC1CCC(=O)N(CC(CBr)CCC)CC1. The van der Waals surface area contributed by atoms with Crippen LogP contribution in [0, 0.1) is 11.8 Å². The molecule has 0 aliphatic carbocycles. The van der Waals surface area contributed by atoms with Gasteiger partial charge in [-0.2, -0.15) is 0 Å². The molecule has 2 atom stereocenters. The average molecular weight is 318 g/mol. The Morgan fingerprint density at radius 3 is 2.72 bits per heavy atom. The molecule has 18 heavy (non-hydrogen) atoms. The summed E-state index contributed by atoms with van der Waals surface area (Å²) >= 11 is 3.58. The molecule has 1 aliphatic heterocycles. The molecule has 0 radical (unpaired) electrons. The van der Waals surface area contributed by atoms with Gasteiger partial charge < -0.3 is 4.90 Å². The van der Waals surface area contributed by atoms with Crippen LogP contribution in [0.1, 0.15) is 58.8 Å². The van der Waals surface area contributed by atoms with Crippen molar-refractivity contribution in [3.8, 4) is 0 Å². The zero-order valence-electron chi connectivity index (χ0n) is 12.0. The minimum Gasteiger partial charge on any atom is -0.342 e. The van der Waals surface area contributed by atoms with Gasteiger partial charge in [-0.15, -0.1) is 0 Å². The molecular formula is C15H28BrNO. The van der Waals surface area contributed by atoms with E-state index in [1.165, 1.54) is 32.1 Å². The van der Waals surface area contributed by atoms with E-state index in [9.17, 15) is 4.79 Å². The molecule has 1 rings (SSSR count). The van der Waals surface area contributed by atoms with Gasteiger partial charge >= 0.3 is 0 Å². The maximum absolute atomic E-state index is 12.1. The lowest BCUT2D eigenvalue weighted by atomic mass is 9.96. The normalized spacial score (nSPS) is 22.9. The summed E-state index contributed by atoms with van der Waals surface area (Å²) in [4.78, 5) is 14.3. The Kier molecular flexibility index (Phi) is 7.96. The average Bonchev–Trinajstić information content (AvgIpc) is 2.54. The van der Waals surface area contributed by atoms with Crippen molar-refractivity contribution in [3.63, 3.8) is 0 Å². The molecule has 1 saturated heterocycles. The van der Waals surface area contributed by atoms with E-state index >= 15 is 0 Å². The number of likely N-dealkylation sites (tertiary alicyclic amines) is 1. The van der Waals surface area contributed by atoms with Gasteiger partial charge in [0.05, 0.1) is 0 Å². The van der Waals surface area contributed by atoms with Crippen LogP contribution >= 0.6 is 15.9 Å². The van der Waals surface area contributed by atoms with E-state index in [4.69, 9.17) is 0 Å². The number of alkyl halides is 1. The van der Waals surface area contributed by atoms with Crippen LogP contribution < -0.4 is 0 Å². The zero-order chi connectivity index (χ0) is 13.4. The van der Waals surface area contributed by atoms with Crippen molar-refractivity contribution in [1.29, 1.82) is 0 Å². The van der Waals surface area contributed by atoms with Crippen LogP contribution in [0.3, 0.4) is 0 Å². The number of nitrogens with zero attached hydrogens (tertiary/aromatic N) is 1. The van der Waals surface area contributed by atoms with Crippen molar-refractivity contribution in [3.05, 3.63) is 0 Å². The van der Waals surface area contributed by atoms with Crippen LogP contribution in [0.25, 0.3) is 0 Å². The Labute approximate surface area is 121 Å². The van der Waals surface area contributed by atoms with Gasteiger partial charge in [-0.1, -0.05) is 49.0 Å². The second-order valence-electron chi connectivity index (χ2n) is 5.63. The number of carbonyl (C=O) groups is 1. The van der Waals surface area contributed by atoms with Gasteiger partial charge in [-0.3, -0.25) is 4.79 Å². The van der Waals surface area contributed by atoms with Crippen LogP contribution in [-0.4, -0.2) is 29.2 Å². The molecule has 0 spiro atoms. The molecule has 2 unspecified atom stereocenters. The summed E-state index contributed by atoms with van der Waals surface area (Å²) in [5.41, 5.74) is 0. The number of amides is 1. The van der Waals surface area contributed by atoms with Gasteiger partial charge in [0.25, 0.3) is 0 Å². The molecule has 0 aromatic carbocycles. The van der Waals surface area contributed by atoms with E-state index in [2.05, 4.69) is 34.7 Å². The van der Waals surface area contributed by atoms with E-state index in [0.717, 1.165) is 37.2 Å². The van der Waals surface area contributed by atoms with Gasteiger partial charge in [0, 0.05) is 24.8 Å². The Morgan fingerprint density at radius 2 is 2.11 bits per heavy atom. The smallest absolute Gasteiger partial charge is 0.222 e. The summed E-state index contributed by atoms with van der Waals surface area (Å²) in [7, 11) is 0. The van der Waals surface area contributed by atoms with Crippen LogP contribution in [0.15, 0.2) is 0 Å². The number of halogens is 1. The topological polar surface area (TPSA) is 20.3 Å². The number of hydrogen-bond acceptors (Lipinski definition) is 1. The van der Waals surface area contributed by atoms with Crippen molar-refractivity contribution in [1.82, 2.24) is 4.90 Å². The van der Waals surface area contributed by atoms with E-state index in [1.54, 1.807) is 0 Å². The van der Waals surface area contributed by atoms with Gasteiger partial charge in [0.1, 0.15) is 0 Å². The van der Waals surface area contributed by atoms with Crippen molar-refractivity contribution in [2.45, 2.75) is 58.8 Å². The van der Waals surface area contributed by atoms with Crippen LogP contribution in [-0.2, 0) is 4.79 Å². The van der Waals surface area contributed by atoms with Crippen LogP contribution in [0.4, 0.5) is 0 Å². The molecular weight excluding hydrogens is 290 g/mol. The first kappa shape index (κ1) is 16.0. The van der Waals surface area contributed by atoms with Gasteiger partial charge in [-0.25, -0.2) is 0 Å². The first-order chi connectivity index (χ1) is 8.71. The first-order valence-corrected chi connectivity index (χ1v) is 8.67. The van der Waals surface area contributed by atoms with E-state index in [1.807, 2.05) is 0 Å². The Bertz CT molecular complexity index is 245. The van der Waals surface area contributed by atoms with Gasteiger partial charge in [-0.05, 0) is 31.1 Å².